The molecule has 0 saturated heterocycles. The second kappa shape index (κ2) is 8.73. The van der Waals surface area contributed by atoms with E-state index in [4.69, 9.17) is 5.73 Å². The highest BCUT2D eigenvalue weighted by atomic mass is 19.2. The molecule has 0 aliphatic carbocycles. The number of nitrogens with two attached hydrogens (primary N) is 1. The molecule has 0 aliphatic rings. The number of hydrogen-bond acceptors (Lipinski definition) is 3. The van der Waals surface area contributed by atoms with E-state index in [0.717, 1.165) is 6.07 Å². The van der Waals surface area contributed by atoms with Gasteiger partial charge < -0.3 is 10.6 Å². The first-order chi connectivity index (χ1) is 11.7. The highest BCUT2D eigenvalue weighted by Crippen LogP contribution is 2.26. The first kappa shape index (κ1) is 20.0. The largest absolute Gasteiger partial charge is 0.383 e. The minimum Gasteiger partial charge on any atom is -0.383 e. The van der Waals surface area contributed by atoms with Crippen molar-refractivity contribution in [2.24, 2.45) is 10.7 Å². The van der Waals surface area contributed by atoms with Crippen LogP contribution in [0.5, 0.6) is 0 Å². The van der Waals surface area contributed by atoms with E-state index < -0.39 is 17.4 Å². The average Bonchev–Trinajstić information content (AvgIpc) is 2.55. The monoisotopic (exact) mass is 345 g/mol. The molecular formula is C19H21F2N3O. The van der Waals surface area contributed by atoms with Crippen LogP contribution < -0.4 is 5.73 Å². The van der Waals surface area contributed by atoms with Gasteiger partial charge in [-0.15, -0.1) is 0 Å². The van der Waals surface area contributed by atoms with Gasteiger partial charge in [-0.2, -0.15) is 0 Å². The molecule has 0 amide bonds. The van der Waals surface area contributed by atoms with Gasteiger partial charge in [0.2, 0.25) is 0 Å². The average molecular weight is 345 g/mol. The van der Waals surface area contributed by atoms with Crippen molar-refractivity contribution in [3.05, 3.63) is 78.2 Å². The Hall–Kier alpha value is -3.02. The van der Waals surface area contributed by atoms with Crippen molar-refractivity contribution in [3.63, 3.8) is 0 Å². The molecule has 0 fully saturated rings. The molecule has 0 spiro atoms. The Morgan fingerprint density at radius 2 is 1.96 bits per heavy atom. The van der Waals surface area contributed by atoms with Gasteiger partial charge in [0.05, 0.1) is 0 Å². The maximum atomic E-state index is 14.2. The Kier molecular flexibility index (Phi) is 6.99. The molecule has 0 radical (unpaired) electrons. The SMILES string of the molecule is C=CN=C(N)/C(=C\C)C(=C)C(=O)/C(=C/N(C)C)c1cccc(F)c1F. The van der Waals surface area contributed by atoms with Gasteiger partial charge in [-0.1, -0.05) is 31.4 Å². The fourth-order valence-corrected chi connectivity index (χ4v) is 2.15. The molecule has 1 rings (SSSR count). The summed E-state index contributed by atoms with van der Waals surface area (Å²) in [6.45, 7) is 8.86. The van der Waals surface area contributed by atoms with Gasteiger partial charge in [0.1, 0.15) is 5.84 Å². The number of rotatable bonds is 7. The van der Waals surface area contributed by atoms with Crippen molar-refractivity contribution in [1.29, 1.82) is 0 Å². The van der Waals surface area contributed by atoms with Gasteiger partial charge in [0.25, 0.3) is 0 Å². The summed E-state index contributed by atoms with van der Waals surface area (Å²) >= 11 is 0. The minimum atomic E-state index is -1.11. The predicted octanol–water partition coefficient (Wildman–Crippen LogP) is 3.44. The Balaban J connectivity index is 3.46. The van der Waals surface area contributed by atoms with Gasteiger partial charge in [0, 0.05) is 48.8 Å². The fourth-order valence-electron chi connectivity index (χ4n) is 2.15. The van der Waals surface area contributed by atoms with Gasteiger partial charge in [-0.05, 0) is 13.0 Å². The van der Waals surface area contributed by atoms with Crippen molar-refractivity contribution in [1.82, 2.24) is 4.90 Å². The van der Waals surface area contributed by atoms with E-state index in [1.807, 2.05) is 0 Å². The van der Waals surface area contributed by atoms with Crippen LogP contribution in [0, 0.1) is 11.6 Å². The molecule has 6 heteroatoms. The second-order valence-corrected chi connectivity index (χ2v) is 5.31. The lowest BCUT2D eigenvalue weighted by Gasteiger charge is -2.15. The molecule has 4 nitrogen and oxygen atoms in total. The zero-order valence-corrected chi connectivity index (χ0v) is 14.5. The summed E-state index contributed by atoms with van der Waals surface area (Å²) in [6.07, 6.45) is 4.21. The first-order valence-corrected chi connectivity index (χ1v) is 7.42. The van der Waals surface area contributed by atoms with Crippen LogP contribution in [0.4, 0.5) is 8.78 Å². The van der Waals surface area contributed by atoms with Crippen LogP contribution in [-0.2, 0) is 4.79 Å². The van der Waals surface area contributed by atoms with Crippen molar-refractivity contribution in [3.8, 4) is 0 Å². The van der Waals surface area contributed by atoms with Gasteiger partial charge in [-0.25, -0.2) is 13.8 Å². The predicted molar refractivity (Wildman–Crippen MR) is 97.7 cm³/mol. The smallest absolute Gasteiger partial charge is 0.195 e. The van der Waals surface area contributed by atoms with Crippen LogP contribution in [-0.4, -0.2) is 30.6 Å². The van der Waals surface area contributed by atoms with E-state index in [2.05, 4.69) is 18.2 Å². The van der Waals surface area contributed by atoms with Gasteiger partial charge >= 0.3 is 0 Å². The maximum absolute atomic E-state index is 14.2. The summed E-state index contributed by atoms with van der Waals surface area (Å²) in [7, 11) is 3.33. The Bertz CT molecular complexity index is 790. The molecule has 0 aliphatic heterocycles. The number of hydrogen-bond donors (Lipinski definition) is 1. The number of halogens is 2. The van der Waals surface area contributed by atoms with Crippen LogP contribution in [0.2, 0.25) is 0 Å². The summed E-state index contributed by atoms with van der Waals surface area (Å²) in [5.41, 5.74) is 5.92. The molecule has 25 heavy (non-hydrogen) atoms. The lowest BCUT2D eigenvalue weighted by Crippen LogP contribution is -2.21. The molecule has 0 bridgehead atoms. The molecule has 0 saturated carbocycles. The summed E-state index contributed by atoms with van der Waals surface area (Å²) in [5.74, 6) is -2.68. The van der Waals surface area contributed by atoms with Crippen LogP contribution in [0.3, 0.4) is 0 Å². The molecule has 1 aromatic rings. The van der Waals surface area contributed by atoms with E-state index >= 15 is 0 Å². The standard InChI is InChI=1S/C19H21F2N3O/c1-6-13(19(22)23-7-2)12(3)18(25)15(11-24(4)5)14-9-8-10-16(20)17(14)21/h6-11H,2-3H2,1,4-5H3,(H2,22,23)/b13-6-,15-11+. The third-order valence-corrected chi connectivity index (χ3v) is 3.27. The zero-order valence-electron chi connectivity index (χ0n) is 14.5. The molecule has 1 aromatic carbocycles. The van der Waals surface area contributed by atoms with E-state index in [-0.39, 0.29) is 22.5 Å². The number of Topliss-reactive ketones (excluding diaryl/α,β-unsaturated/α-hetero) is 1. The quantitative estimate of drug-likeness (QED) is 0.356. The van der Waals surface area contributed by atoms with Gasteiger partial charge in [0.15, 0.2) is 17.4 Å². The molecule has 0 atom stereocenters. The number of nitrogens with zero attached hydrogens (tertiary/aromatic N) is 2. The highest BCUT2D eigenvalue weighted by Gasteiger charge is 2.23. The number of carbonyl (C=O) groups is 1. The number of aliphatic imine (C=N–C) groups is 1. The number of benzene rings is 1. The molecule has 0 heterocycles. The number of carbonyl (C=O) groups excluding carboxylic acids is 1. The topological polar surface area (TPSA) is 58.7 Å². The Morgan fingerprint density at radius 1 is 1.32 bits per heavy atom. The molecule has 2 N–H and O–H groups in total. The lowest BCUT2D eigenvalue weighted by molar-refractivity contribution is -0.110. The van der Waals surface area contributed by atoms with E-state index in [9.17, 15) is 13.6 Å². The van der Waals surface area contributed by atoms with E-state index in [1.54, 1.807) is 32.0 Å². The lowest BCUT2D eigenvalue weighted by atomic mass is 9.93. The van der Waals surface area contributed by atoms with Gasteiger partial charge in [-0.3, -0.25) is 4.79 Å². The third-order valence-electron chi connectivity index (χ3n) is 3.27. The number of amidine groups is 1. The number of allylic oxidation sites excluding steroid dienone is 2. The fraction of sp³-hybridized carbons (Fsp3) is 0.158. The summed E-state index contributed by atoms with van der Waals surface area (Å²) < 4.78 is 27.8. The Morgan fingerprint density at radius 3 is 2.48 bits per heavy atom. The van der Waals surface area contributed by atoms with Crippen LogP contribution in [0.25, 0.3) is 5.57 Å². The zero-order chi connectivity index (χ0) is 19.1. The highest BCUT2D eigenvalue weighted by molar-refractivity contribution is 6.32. The molecular weight excluding hydrogens is 324 g/mol. The maximum Gasteiger partial charge on any atom is 0.195 e. The molecule has 0 aromatic heterocycles. The van der Waals surface area contributed by atoms with Crippen LogP contribution in [0.1, 0.15) is 12.5 Å². The van der Waals surface area contributed by atoms with E-state index in [0.29, 0.717) is 5.57 Å². The van der Waals surface area contributed by atoms with Crippen molar-refractivity contribution in [2.75, 3.05) is 14.1 Å². The Labute approximate surface area is 146 Å². The van der Waals surface area contributed by atoms with Crippen LogP contribution >= 0.6 is 0 Å². The number of ketones is 1. The molecule has 132 valence electrons. The van der Waals surface area contributed by atoms with Crippen LogP contribution in [0.15, 0.2) is 66.0 Å². The summed E-state index contributed by atoms with van der Waals surface area (Å²) in [4.78, 5) is 18.3. The summed E-state index contributed by atoms with van der Waals surface area (Å²) in [5, 5.41) is 0. The molecule has 0 unspecified atom stereocenters. The van der Waals surface area contributed by atoms with Crippen molar-refractivity contribution in [2.45, 2.75) is 6.92 Å². The first-order valence-electron chi connectivity index (χ1n) is 7.42. The van der Waals surface area contributed by atoms with Crippen molar-refractivity contribution < 1.29 is 13.6 Å². The summed E-state index contributed by atoms with van der Waals surface area (Å²) in [6, 6.07) is 3.64. The normalized spacial score (nSPS) is 12.8. The van der Waals surface area contributed by atoms with E-state index in [1.165, 1.54) is 24.5 Å². The third kappa shape index (κ3) is 4.73. The minimum absolute atomic E-state index is 0.0161. The second-order valence-electron chi connectivity index (χ2n) is 5.31. The van der Waals surface area contributed by atoms with Crippen molar-refractivity contribution >= 4 is 17.2 Å².